The molecule has 1 saturated carbocycles. The molecule has 0 saturated heterocycles. The number of hydrogen-bond donors (Lipinski definition) is 2. The highest BCUT2D eigenvalue weighted by atomic mass is 16.5. The van der Waals surface area contributed by atoms with E-state index < -0.39 is 11.6 Å². The molecule has 0 radical (unpaired) electrons. The maximum absolute atomic E-state index is 11.0. The van der Waals surface area contributed by atoms with Gasteiger partial charge in [0, 0.05) is 0 Å². The zero-order valence-corrected chi connectivity index (χ0v) is 8.01. The summed E-state index contributed by atoms with van der Waals surface area (Å²) in [5.41, 5.74) is -0.425. The van der Waals surface area contributed by atoms with Crippen LogP contribution in [0.2, 0.25) is 0 Å². The molecule has 4 nitrogen and oxygen atoms in total. The second-order valence-corrected chi connectivity index (χ2v) is 3.62. The van der Waals surface area contributed by atoms with Gasteiger partial charge in [-0.05, 0) is 12.8 Å². The summed E-state index contributed by atoms with van der Waals surface area (Å²) < 4.78 is 4.52. The molecule has 0 heterocycles. The van der Waals surface area contributed by atoms with E-state index in [4.69, 9.17) is 0 Å². The summed E-state index contributed by atoms with van der Waals surface area (Å²) in [5.74, 6) is 0. The van der Waals surface area contributed by atoms with Gasteiger partial charge in [-0.3, -0.25) is 0 Å². The van der Waals surface area contributed by atoms with Crippen LogP contribution in [0.3, 0.4) is 0 Å². The Morgan fingerprint density at radius 1 is 1.46 bits per heavy atom. The molecule has 1 aliphatic rings. The molecule has 0 aromatic carbocycles. The molecular formula is C9H17NO3. The normalized spacial score (nSPS) is 20.8. The fourth-order valence-corrected chi connectivity index (χ4v) is 1.82. The number of nitrogens with one attached hydrogen (secondary N) is 1. The van der Waals surface area contributed by atoms with Gasteiger partial charge in [0.25, 0.3) is 0 Å². The molecular weight excluding hydrogens is 170 g/mol. The number of methoxy groups -OCH3 is 1. The van der Waals surface area contributed by atoms with E-state index in [1.165, 1.54) is 13.5 Å². The minimum Gasteiger partial charge on any atom is -0.453 e. The van der Waals surface area contributed by atoms with Crippen LogP contribution in [0.15, 0.2) is 0 Å². The third kappa shape index (κ3) is 2.59. The lowest BCUT2D eigenvalue weighted by molar-refractivity contribution is 0.102. The minimum absolute atomic E-state index is 0.00208. The van der Waals surface area contributed by atoms with Crippen molar-refractivity contribution < 1.29 is 14.6 Å². The van der Waals surface area contributed by atoms with E-state index in [0.29, 0.717) is 0 Å². The topological polar surface area (TPSA) is 58.6 Å². The van der Waals surface area contributed by atoms with E-state index in [1.54, 1.807) is 0 Å². The van der Waals surface area contributed by atoms with Crippen molar-refractivity contribution in [3.8, 4) is 0 Å². The molecule has 13 heavy (non-hydrogen) atoms. The summed E-state index contributed by atoms with van der Waals surface area (Å²) in [5, 5.41) is 11.9. The van der Waals surface area contributed by atoms with E-state index in [-0.39, 0.29) is 6.61 Å². The van der Waals surface area contributed by atoms with Gasteiger partial charge in [-0.2, -0.15) is 0 Å². The molecule has 1 fully saturated rings. The van der Waals surface area contributed by atoms with Gasteiger partial charge in [-0.15, -0.1) is 0 Å². The number of rotatable bonds is 2. The Kier molecular flexibility index (Phi) is 3.54. The Balaban J connectivity index is 2.52. The first kappa shape index (κ1) is 10.3. The standard InChI is InChI=1S/C9H17NO3/c1-13-8(12)10-9(7-11)5-3-2-4-6-9/h11H,2-7H2,1H3,(H,10,12). The van der Waals surface area contributed by atoms with Crippen molar-refractivity contribution in [2.75, 3.05) is 13.7 Å². The molecule has 1 rings (SSSR count). The van der Waals surface area contributed by atoms with Crippen LogP contribution >= 0.6 is 0 Å². The van der Waals surface area contributed by atoms with Crippen LogP contribution in [0, 0.1) is 0 Å². The molecule has 4 heteroatoms. The Morgan fingerprint density at radius 2 is 2.08 bits per heavy atom. The van der Waals surface area contributed by atoms with Crippen molar-refractivity contribution in [2.24, 2.45) is 0 Å². The second-order valence-electron chi connectivity index (χ2n) is 3.62. The molecule has 0 atom stereocenters. The lowest BCUT2D eigenvalue weighted by Gasteiger charge is -2.35. The fraction of sp³-hybridized carbons (Fsp3) is 0.889. The molecule has 1 amide bonds. The van der Waals surface area contributed by atoms with Crippen molar-refractivity contribution in [3.05, 3.63) is 0 Å². The summed E-state index contributed by atoms with van der Waals surface area (Å²) in [7, 11) is 1.34. The van der Waals surface area contributed by atoms with Crippen LogP contribution in [-0.2, 0) is 4.74 Å². The summed E-state index contributed by atoms with van der Waals surface area (Å²) in [6.45, 7) is 0.00208. The first-order chi connectivity index (χ1) is 6.22. The Bertz CT molecular complexity index is 176. The van der Waals surface area contributed by atoms with Gasteiger partial charge in [0.2, 0.25) is 0 Å². The Morgan fingerprint density at radius 3 is 2.54 bits per heavy atom. The molecule has 0 bridgehead atoms. The smallest absolute Gasteiger partial charge is 0.407 e. The van der Waals surface area contributed by atoms with Crippen molar-refractivity contribution in [2.45, 2.75) is 37.6 Å². The maximum Gasteiger partial charge on any atom is 0.407 e. The fourth-order valence-electron chi connectivity index (χ4n) is 1.82. The van der Waals surface area contributed by atoms with Crippen LogP contribution in [0.4, 0.5) is 4.79 Å². The van der Waals surface area contributed by atoms with Gasteiger partial charge in [0.1, 0.15) is 0 Å². The first-order valence-corrected chi connectivity index (χ1v) is 4.69. The van der Waals surface area contributed by atoms with Gasteiger partial charge < -0.3 is 15.2 Å². The quantitative estimate of drug-likeness (QED) is 0.679. The molecule has 0 spiro atoms. The largest absolute Gasteiger partial charge is 0.453 e. The summed E-state index contributed by atoms with van der Waals surface area (Å²) in [6.07, 6.45) is 4.55. The minimum atomic E-state index is -0.448. The number of hydrogen-bond acceptors (Lipinski definition) is 3. The van der Waals surface area contributed by atoms with Crippen LogP contribution in [0.25, 0.3) is 0 Å². The Hall–Kier alpha value is -0.770. The molecule has 0 unspecified atom stereocenters. The lowest BCUT2D eigenvalue weighted by Crippen LogP contribution is -2.52. The van der Waals surface area contributed by atoms with Crippen molar-refractivity contribution in [1.29, 1.82) is 0 Å². The number of carbonyl (C=O) groups excluding carboxylic acids is 1. The van der Waals surface area contributed by atoms with Crippen molar-refractivity contribution in [1.82, 2.24) is 5.32 Å². The number of amides is 1. The first-order valence-electron chi connectivity index (χ1n) is 4.69. The highest BCUT2D eigenvalue weighted by Crippen LogP contribution is 2.27. The maximum atomic E-state index is 11.0. The highest BCUT2D eigenvalue weighted by molar-refractivity contribution is 5.68. The van der Waals surface area contributed by atoms with Gasteiger partial charge >= 0.3 is 6.09 Å². The van der Waals surface area contributed by atoms with Crippen molar-refractivity contribution >= 4 is 6.09 Å². The van der Waals surface area contributed by atoms with Crippen LogP contribution in [0.5, 0.6) is 0 Å². The molecule has 2 N–H and O–H groups in total. The van der Waals surface area contributed by atoms with Gasteiger partial charge in [0.05, 0.1) is 19.3 Å². The van der Waals surface area contributed by atoms with Crippen LogP contribution in [0.1, 0.15) is 32.1 Å². The van der Waals surface area contributed by atoms with Gasteiger partial charge in [0.15, 0.2) is 0 Å². The molecule has 76 valence electrons. The predicted octanol–water partition coefficient (Wildman–Crippen LogP) is 1.04. The molecule has 1 aliphatic carbocycles. The third-order valence-corrected chi connectivity index (χ3v) is 2.67. The zero-order valence-electron chi connectivity index (χ0n) is 8.01. The van der Waals surface area contributed by atoms with Crippen LogP contribution in [-0.4, -0.2) is 30.5 Å². The van der Waals surface area contributed by atoms with E-state index in [0.717, 1.165) is 25.7 Å². The van der Waals surface area contributed by atoms with E-state index in [9.17, 15) is 9.90 Å². The SMILES string of the molecule is COC(=O)NC1(CO)CCCCC1. The molecule has 0 aromatic rings. The number of aliphatic hydroxyl groups excluding tert-OH is 1. The Labute approximate surface area is 78.3 Å². The predicted molar refractivity (Wildman–Crippen MR) is 48.4 cm³/mol. The van der Waals surface area contributed by atoms with Gasteiger partial charge in [-0.25, -0.2) is 4.79 Å². The average Bonchev–Trinajstić information content (AvgIpc) is 2.19. The monoisotopic (exact) mass is 187 g/mol. The summed E-state index contributed by atoms with van der Waals surface area (Å²) >= 11 is 0. The molecule has 0 aromatic heterocycles. The second kappa shape index (κ2) is 4.46. The lowest BCUT2D eigenvalue weighted by atomic mass is 9.82. The summed E-state index contributed by atoms with van der Waals surface area (Å²) in [4.78, 5) is 11.0. The zero-order chi connectivity index (χ0) is 9.73. The van der Waals surface area contributed by atoms with E-state index in [1.807, 2.05) is 0 Å². The average molecular weight is 187 g/mol. The van der Waals surface area contributed by atoms with E-state index in [2.05, 4.69) is 10.1 Å². The number of ether oxygens (including phenoxy) is 1. The van der Waals surface area contributed by atoms with E-state index >= 15 is 0 Å². The molecule has 0 aliphatic heterocycles. The van der Waals surface area contributed by atoms with Crippen molar-refractivity contribution in [3.63, 3.8) is 0 Å². The number of carbonyl (C=O) groups is 1. The number of aliphatic hydroxyl groups is 1. The summed E-state index contributed by atoms with van der Waals surface area (Å²) in [6, 6.07) is 0. The number of alkyl carbamates (subject to hydrolysis) is 1. The van der Waals surface area contributed by atoms with Gasteiger partial charge in [-0.1, -0.05) is 19.3 Å². The third-order valence-electron chi connectivity index (χ3n) is 2.67. The highest BCUT2D eigenvalue weighted by Gasteiger charge is 2.33. The van der Waals surface area contributed by atoms with Crippen LogP contribution < -0.4 is 5.32 Å².